The van der Waals surface area contributed by atoms with Gasteiger partial charge in [-0.3, -0.25) is 0 Å². The molecule has 2 aliphatic rings. The van der Waals surface area contributed by atoms with Crippen LogP contribution in [0.2, 0.25) is 0 Å². The van der Waals surface area contributed by atoms with Crippen LogP contribution in [0.25, 0.3) is 0 Å². The van der Waals surface area contributed by atoms with Gasteiger partial charge < -0.3 is 15.0 Å². The van der Waals surface area contributed by atoms with Crippen LogP contribution in [0.4, 0.5) is 5.69 Å². The molecular formula is C17H25BrN2O. The summed E-state index contributed by atoms with van der Waals surface area (Å²) in [4.78, 5) is 2.47. The molecule has 3 nitrogen and oxygen atoms in total. The van der Waals surface area contributed by atoms with Crippen molar-refractivity contribution in [2.75, 3.05) is 18.0 Å². The number of ether oxygens (including phenoxy) is 1. The highest BCUT2D eigenvalue weighted by atomic mass is 79.9. The Kier molecular flexibility index (Phi) is 4.30. The Labute approximate surface area is 136 Å². The summed E-state index contributed by atoms with van der Waals surface area (Å²) < 4.78 is 7.11. The van der Waals surface area contributed by atoms with Gasteiger partial charge in [0.2, 0.25) is 0 Å². The van der Waals surface area contributed by atoms with Crippen molar-refractivity contribution in [3.63, 3.8) is 0 Å². The van der Waals surface area contributed by atoms with Crippen molar-refractivity contribution in [1.29, 1.82) is 0 Å². The number of halogens is 1. The van der Waals surface area contributed by atoms with E-state index in [1.807, 2.05) is 0 Å². The fourth-order valence-corrected chi connectivity index (χ4v) is 3.77. The molecule has 2 bridgehead atoms. The Morgan fingerprint density at radius 3 is 2.48 bits per heavy atom. The minimum absolute atomic E-state index is 0.147. The first kappa shape index (κ1) is 15.3. The second kappa shape index (κ2) is 5.90. The van der Waals surface area contributed by atoms with E-state index in [1.165, 1.54) is 28.6 Å². The molecule has 2 unspecified atom stereocenters. The highest BCUT2D eigenvalue weighted by Gasteiger charge is 2.34. The van der Waals surface area contributed by atoms with Crippen molar-refractivity contribution < 1.29 is 4.74 Å². The summed E-state index contributed by atoms with van der Waals surface area (Å²) >= 11 is 3.75. The topological polar surface area (TPSA) is 24.5 Å². The van der Waals surface area contributed by atoms with Crippen LogP contribution in [0.1, 0.15) is 39.2 Å². The van der Waals surface area contributed by atoms with Gasteiger partial charge in [0, 0.05) is 29.6 Å². The van der Waals surface area contributed by atoms with Crippen molar-refractivity contribution in [2.24, 2.45) is 0 Å². The summed E-state index contributed by atoms with van der Waals surface area (Å²) in [6.07, 6.45) is 3.29. The third-order valence-corrected chi connectivity index (χ3v) is 4.85. The number of benzene rings is 1. The Bertz CT molecular complexity index is 500. The average molecular weight is 353 g/mol. The number of rotatable bonds is 3. The lowest BCUT2D eigenvalue weighted by atomic mass is 10.1. The number of morpholine rings is 1. The van der Waals surface area contributed by atoms with Crippen molar-refractivity contribution in [1.82, 2.24) is 5.32 Å². The maximum atomic E-state index is 5.92. The molecule has 0 radical (unpaired) electrons. The zero-order valence-electron chi connectivity index (χ0n) is 13.2. The van der Waals surface area contributed by atoms with Gasteiger partial charge in [-0.15, -0.1) is 0 Å². The maximum absolute atomic E-state index is 5.92. The Balaban J connectivity index is 1.69. The number of hydrogen-bond acceptors (Lipinski definition) is 3. The van der Waals surface area contributed by atoms with Crippen molar-refractivity contribution in [3.8, 4) is 0 Å². The molecule has 3 rings (SSSR count). The minimum Gasteiger partial charge on any atom is -0.371 e. The van der Waals surface area contributed by atoms with Gasteiger partial charge in [-0.1, -0.05) is 6.07 Å². The summed E-state index contributed by atoms with van der Waals surface area (Å²) in [5, 5.41) is 3.53. The smallest absolute Gasteiger partial charge is 0.0755 e. The molecule has 1 aromatic carbocycles. The van der Waals surface area contributed by atoms with E-state index in [9.17, 15) is 0 Å². The second-order valence-corrected chi connectivity index (χ2v) is 8.11. The Hall–Kier alpha value is -0.580. The van der Waals surface area contributed by atoms with Crippen LogP contribution >= 0.6 is 15.9 Å². The summed E-state index contributed by atoms with van der Waals surface area (Å²) in [6, 6.07) is 6.72. The van der Waals surface area contributed by atoms with Crippen LogP contribution in [-0.2, 0) is 11.3 Å². The quantitative estimate of drug-likeness (QED) is 0.897. The number of hydrogen-bond donors (Lipinski definition) is 1. The van der Waals surface area contributed by atoms with E-state index < -0.39 is 0 Å². The lowest BCUT2D eigenvalue weighted by Crippen LogP contribution is -2.42. The van der Waals surface area contributed by atoms with Crippen LogP contribution in [0.5, 0.6) is 0 Å². The molecule has 1 N–H and O–H groups in total. The normalized spacial score (nSPS) is 25.4. The SMILES string of the molecule is CC(C)(C)NCc1ccc(N2CC3CCC(C2)O3)c(Br)c1. The van der Waals surface area contributed by atoms with E-state index in [-0.39, 0.29) is 5.54 Å². The zero-order valence-corrected chi connectivity index (χ0v) is 14.7. The largest absolute Gasteiger partial charge is 0.371 e. The van der Waals surface area contributed by atoms with Crippen molar-refractivity contribution >= 4 is 21.6 Å². The first-order chi connectivity index (χ1) is 9.90. The molecule has 0 spiro atoms. The first-order valence-electron chi connectivity index (χ1n) is 7.84. The predicted octanol–water partition coefficient (Wildman–Crippen LogP) is 3.70. The summed E-state index contributed by atoms with van der Waals surface area (Å²) in [6.45, 7) is 9.53. The Morgan fingerprint density at radius 1 is 1.24 bits per heavy atom. The fraction of sp³-hybridized carbons (Fsp3) is 0.647. The van der Waals surface area contributed by atoms with Gasteiger partial charge in [0.15, 0.2) is 0 Å². The second-order valence-electron chi connectivity index (χ2n) is 7.25. The highest BCUT2D eigenvalue weighted by Crippen LogP contribution is 2.34. The van der Waals surface area contributed by atoms with Gasteiger partial charge in [0.1, 0.15) is 0 Å². The minimum atomic E-state index is 0.147. The van der Waals surface area contributed by atoms with Gasteiger partial charge in [0.05, 0.1) is 17.9 Å². The monoisotopic (exact) mass is 352 g/mol. The zero-order chi connectivity index (χ0) is 15.0. The maximum Gasteiger partial charge on any atom is 0.0755 e. The lowest BCUT2D eigenvalue weighted by molar-refractivity contribution is 0.0304. The summed E-state index contributed by atoms with van der Waals surface area (Å²) in [5.74, 6) is 0. The molecule has 0 aliphatic carbocycles. The van der Waals surface area contributed by atoms with Gasteiger partial charge in [0.25, 0.3) is 0 Å². The first-order valence-corrected chi connectivity index (χ1v) is 8.64. The van der Waals surface area contributed by atoms with Gasteiger partial charge in [-0.25, -0.2) is 0 Å². The van der Waals surface area contributed by atoms with Crippen LogP contribution in [0, 0.1) is 0 Å². The number of fused-ring (bicyclic) bond motifs is 2. The molecule has 21 heavy (non-hydrogen) atoms. The number of nitrogens with zero attached hydrogens (tertiary/aromatic N) is 1. The van der Waals surface area contributed by atoms with Crippen molar-refractivity contribution in [2.45, 2.75) is 57.9 Å². The molecule has 4 heteroatoms. The Morgan fingerprint density at radius 2 is 1.90 bits per heavy atom. The van der Waals surface area contributed by atoms with Gasteiger partial charge in [-0.2, -0.15) is 0 Å². The molecule has 2 atom stereocenters. The van der Waals surface area contributed by atoms with Crippen molar-refractivity contribution in [3.05, 3.63) is 28.2 Å². The molecular weight excluding hydrogens is 328 g/mol. The molecule has 2 aliphatic heterocycles. The molecule has 2 heterocycles. The molecule has 2 fully saturated rings. The molecule has 116 valence electrons. The third-order valence-electron chi connectivity index (χ3n) is 4.22. The molecule has 2 saturated heterocycles. The third kappa shape index (κ3) is 3.79. The van der Waals surface area contributed by atoms with Crippen LogP contribution < -0.4 is 10.2 Å². The van der Waals surface area contributed by atoms with E-state index in [0.29, 0.717) is 12.2 Å². The standard InChI is InChI=1S/C17H25BrN2O/c1-17(2,3)19-9-12-4-7-16(15(18)8-12)20-10-13-5-6-14(11-20)21-13/h4,7-8,13-14,19H,5-6,9-11H2,1-3H3. The van der Waals surface area contributed by atoms with Crippen LogP contribution in [0.3, 0.4) is 0 Å². The van der Waals surface area contributed by atoms with Gasteiger partial charge in [-0.05, 0) is 67.2 Å². The van der Waals surface area contributed by atoms with E-state index in [1.54, 1.807) is 0 Å². The van der Waals surface area contributed by atoms with Gasteiger partial charge >= 0.3 is 0 Å². The molecule has 0 amide bonds. The predicted molar refractivity (Wildman–Crippen MR) is 90.8 cm³/mol. The van der Waals surface area contributed by atoms with Crippen LogP contribution in [-0.4, -0.2) is 30.8 Å². The average Bonchev–Trinajstić information content (AvgIpc) is 2.74. The van der Waals surface area contributed by atoms with E-state index in [0.717, 1.165) is 19.6 Å². The molecule has 0 saturated carbocycles. The highest BCUT2D eigenvalue weighted by molar-refractivity contribution is 9.10. The van der Waals surface area contributed by atoms with E-state index >= 15 is 0 Å². The van der Waals surface area contributed by atoms with E-state index in [2.05, 4.69) is 65.1 Å². The number of nitrogens with one attached hydrogen (secondary N) is 1. The summed E-state index contributed by atoms with van der Waals surface area (Å²) in [5.41, 5.74) is 2.76. The lowest BCUT2D eigenvalue weighted by Gasteiger charge is -2.34. The fourth-order valence-electron chi connectivity index (χ4n) is 3.10. The number of anilines is 1. The molecule has 0 aromatic heterocycles. The van der Waals surface area contributed by atoms with Crippen LogP contribution in [0.15, 0.2) is 22.7 Å². The summed E-state index contributed by atoms with van der Waals surface area (Å²) in [7, 11) is 0. The van der Waals surface area contributed by atoms with E-state index in [4.69, 9.17) is 4.74 Å². The molecule has 1 aromatic rings.